The molecule has 0 fully saturated rings. The lowest BCUT2D eigenvalue weighted by molar-refractivity contribution is -0.140. The van der Waals surface area contributed by atoms with Crippen molar-refractivity contribution in [2.45, 2.75) is 13.1 Å². The molecule has 0 unspecified atom stereocenters. The minimum absolute atomic E-state index is 0.0622. The number of aromatic nitrogens is 3. The largest absolute Gasteiger partial charge is 0.465 e. The van der Waals surface area contributed by atoms with E-state index in [1.807, 2.05) is 0 Å². The number of anilines is 1. The van der Waals surface area contributed by atoms with E-state index in [1.54, 1.807) is 6.92 Å². The molecule has 3 aromatic rings. The monoisotopic (exact) mass is 451 g/mol. The second-order valence-corrected chi connectivity index (χ2v) is 6.95. The average molecular weight is 451 g/mol. The number of rotatable bonds is 5. The van der Waals surface area contributed by atoms with Gasteiger partial charge < -0.3 is 10.1 Å². The van der Waals surface area contributed by atoms with E-state index in [4.69, 9.17) is 0 Å². The molecule has 0 saturated heterocycles. The number of thiazole rings is 1. The van der Waals surface area contributed by atoms with Crippen molar-refractivity contribution < 1.29 is 27.5 Å². The van der Waals surface area contributed by atoms with Crippen LogP contribution >= 0.6 is 11.3 Å². The Hall–Kier alpha value is -3.54. The molecule has 2 amide bonds. The summed E-state index contributed by atoms with van der Waals surface area (Å²) in [5, 5.41) is 6.01. The van der Waals surface area contributed by atoms with Crippen LogP contribution in [-0.4, -0.2) is 40.6 Å². The lowest BCUT2D eigenvalue weighted by atomic mass is 10.0. The summed E-state index contributed by atoms with van der Waals surface area (Å²) in [4.78, 5) is 35.5. The molecule has 0 aliphatic heterocycles. The number of nitrogens with zero attached hydrogens (tertiary/aromatic N) is 3. The Morgan fingerprint density at radius 1 is 1.16 bits per heavy atom. The molecule has 0 radical (unpaired) electrons. The number of hydrogen-bond donors (Lipinski definition) is 2. The van der Waals surface area contributed by atoms with E-state index in [0.29, 0.717) is 17.7 Å². The predicted molar refractivity (Wildman–Crippen MR) is 108 cm³/mol. The van der Waals surface area contributed by atoms with Gasteiger partial charge in [0.25, 0.3) is 0 Å². The van der Waals surface area contributed by atoms with Crippen molar-refractivity contribution in [3.05, 3.63) is 47.4 Å². The summed E-state index contributed by atoms with van der Waals surface area (Å²) in [5.74, 6) is -0.502. The SMILES string of the molecule is CCNC(=O)Nc1cc(-c2nc(C(F)(F)F)cs2)c(-c2cncc(C(=O)OC)c2)cn1. The summed E-state index contributed by atoms with van der Waals surface area (Å²) in [6, 6.07) is 2.38. The van der Waals surface area contributed by atoms with E-state index in [-0.39, 0.29) is 22.0 Å². The van der Waals surface area contributed by atoms with Gasteiger partial charge in [-0.15, -0.1) is 11.3 Å². The number of carbonyl (C=O) groups excluding carboxylic acids is 2. The fourth-order valence-electron chi connectivity index (χ4n) is 2.60. The number of hydrogen-bond acceptors (Lipinski definition) is 7. The molecule has 0 spiro atoms. The summed E-state index contributed by atoms with van der Waals surface area (Å²) in [6.07, 6.45) is -0.499. The van der Waals surface area contributed by atoms with Crippen molar-refractivity contribution in [3.8, 4) is 21.7 Å². The zero-order valence-corrected chi connectivity index (χ0v) is 17.1. The second kappa shape index (κ2) is 9.08. The highest BCUT2D eigenvalue weighted by atomic mass is 32.1. The Balaban J connectivity index is 2.11. The van der Waals surface area contributed by atoms with Gasteiger partial charge in [0.05, 0.1) is 12.7 Å². The Labute approximate surface area is 178 Å². The van der Waals surface area contributed by atoms with E-state index in [1.165, 1.54) is 37.8 Å². The number of amides is 2. The van der Waals surface area contributed by atoms with Crippen molar-refractivity contribution in [1.29, 1.82) is 0 Å². The lowest BCUT2D eigenvalue weighted by Gasteiger charge is -2.11. The van der Waals surface area contributed by atoms with Crippen LogP contribution in [0.3, 0.4) is 0 Å². The molecule has 2 N–H and O–H groups in total. The van der Waals surface area contributed by atoms with Crippen molar-refractivity contribution >= 4 is 29.2 Å². The molecule has 0 atom stereocenters. The van der Waals surface area contributed by atoms with Gasteiger partial charge in [0.15, 0.2) is 5.69 Å². The first-order chi connectivity index (χ1) is 14.7. The van der Waals surface area contributed by atoms with Gasteiger partial charge in [0.2, 0.25) is 0 Å². The van der Waals surface area contributed by atoms with Crippen molar-refractivity contribution in [2.75, 3.05) is 19.0 Å². The van der Waals surface area contributed by atoms with E-state index in [2.05, 4.69) is 30.3 Å². The average Bonchev–Trinajstić information content (AvgIpc) is 3.24. The summed E-state index contributed by atoms with van der Waals surface area (Å²) < 4.78 is 43.9. The molecule has 31 heavy (non-hydrogen) atoms. The van der Waals surface area contributed by atoms with Crippen molar-refractivity contribution in [2.24, 2.45) is 0 Å². The van der Waals surface area contributed by atoms with E-state index >= 15 is 0 Å². The molecule has 12 heteroatoms. The molecule has 3 heterocycles. The Morgan fingerprint density at radius 3 is 2.58 bits per heavy atom. The van der Waals surface area contributed by atoms with Gasteiger partial charge in [-0.25, -0.2) is 19.6 Å². The molecule has 0 bridgehead atoms. The van der Waals surface area contributed by atoms with Gasteiger partial charge in [-0.1, -0.05) is 0 Å². The van der Waals surface area contributed by atoms with Gasteiger partial charge >= 0.3 is 18.2 Å². The first-order valence-corrected chi connectivity index (χ1v) is 9.72. The molecule has 162 valence electrons. The van der Waals surface area contributed by atoms with Crippen LogP contribution in [0.2, 0.25) is 0 Å². The smallest absolute Gasteiger partial charge is 0.434 e. The van der Waals surface area contributed by atoms with Crippen LogP contribution in [0.4, 0.5) is 23.8 Å². The van der Waals surface area contributed by atoms with Crippen LogP contribution in [-0.2, 0) is 10.9 Å². The maximum atomic E-state index is 13.1. The third kappa shape index (κ3) is 5.15. The van der Waals surface area contributed by atoms with Crippen molar-refractivity contribution in [1.82, 2.24) is 20.3 Å². The first kappa shape index (κ1) is 22.2. The number of methoxy groups -OCH3 is 1. The minimum Gasteiger partial charge on any atom is -0.465 e. The number of pyridine rings is 2. The number of nitrogens with one attached hydrogen (secondary N) is 2. The van der Waals surface area contributed by atoms with Gasteiger partial charge in [-0.3, -0.25) is 10.3 Å². The lowest BCUT2D eigenvalue weighted by Crippen LogP contribution is -2.28. The summed E-state index contributed by atoms with van der Waals surface area (Å²) in [7, 11) is 1.22. The third-order valence-electron chi connectivity index (χ3n) is 3.98. The normalized spacial score (nSPS) is 11.1. The Kier molecular flexibility index (Phi) is 6.49. The molecule has 8 nitrogen and oxygen atoms in total. The Morgan fingerprint density at radius 2 is 1.94 bits per heavy atom. The maximum absolute atomic E-state index is 13.1. The van der Waals surface area contributed by atoms with E-state index in [9.17, 15) is 22.8 Å². The highest BCUT2D eigenvalue weighted by Gasteiger charge is 2.34. The molecular weight excluding hydrogens is 435 g/mol. The van der Waals surface area contributed by atoms with Gasteiger partial charge in [-0.2, -0.15) is 13.2 Å². The third-order valence-corrected chi connectivity index (χ3v) is 4.85. The number of carbonyl (C=O) groups is 2. The van der Waals surface area contributed by atoms with Crippen LogP contribution < -0.4 is 10.6 Å². The van der Waals surface area contributed by atoms with Gasteiger partial charge in [-0.05, 0) is 19.1 Å². The molecular formula is C19H16F3N5O3S. The van der Waals surface area contributed by atoms with Crippen LogP contribution in [0.25, 0.3) is 21.7 Å². The second-order valence-electron chi connectivity index (χ2n) is 6.09. The number of urea groups is 1. The molecule has 3 aromatic heterocycles. The maximum Gasteiger partial charge on any atom is 0.434 e. The molecule has 0 aromatic carbocycles. The van der Waals surface area contributed by atoms with Gasteiger partial charge in [0, 0.05) is 47.2 Å². The first-order valence-electron chi connectivity index (χ1n) is 8.84. The van der Waals surface area contributed by atoms with Crippen LogP contribution in [0, 0.1) is 0 Å². The number of halogens is 3. The van der Waals surface area contributed by atoms with Gasteiger partial charge in [0.1, 0.15) is 10.8 Å². The fourth-order valence-corrected chi connectivity index (χ4v) is 3.45. The highest BCUT2D eigenvalue weighted by molar-refractivity contribution is 7.13. The number of esters is 1. The zero-order chi connectivity index (χ0) is 22.6. The fraction of sp³-hybridized carbons (Fsp3) is 0.211. The molecule has 3 rings (SSSR count). The molecule has 0 aliphatic carbocycles. The van der Waals surface area contributed by atoms with E-state index in [0.717, 1.165) is 16.7 Å². The molecule has 0 aliphatic rings. The van der Waals surface area contributed by atoms with Crippen molar-refractivity contribution in [3.63, 3.8) is 0 Å². The summed E-state index contributed by atoms with van der Waals surface area (Å²) in [6.45, 7) is 2.11. The standard InChI is InChI=1S/C19H16F3N5O3S/c1-3-24-18(29)27-15-5-12(16-26-14(9-31-16)19(20,21)22)13(8-25-15)10-4-11(7-23-6-10)17(28)30-2/h4-9H,3H2,1-2H3,(H2,24,25,27,29). The van der Waals surface area contributed by atoms with Crippen LogP contribution in [0.15, 0.2) is 36.1 Å². The minimum atomic E-state index is -4.60. The highest BCUT2D eigenvalue weighted by Crippen LogP contribution is 2.38. The van der Waals surface area contributed by atoms with Crippen LogP contribution in [0.5, 0.6) is 0 Å². The number of alkyl halides is 3. The Bertz CT molecular complexity index is 1120. The van der Waals surface area contributed by atoms with Crippen LogP contribution in [0.1, 0.15) is 23.0 Å². The van der Waals surface area contributed by atoms with E-state index < -0.39 is 23.9 Å². The quantitative estimate of drug-likeness (QED) is 0.563. The number of ether oxygens (including phenoxy) is 1. The summed E-state index contributed by atoms with van der Waals surface area (Å²) >= 11 is 0.792. The summed E-state index contributed by atoms with van der Waals surface area (Å²) in [5.41, 5.74) is 0.202. The zero-order valence-electron chi connectivity index (χ0n) is 16.3. The molecule has 0 saturated carbocycles. The topological polar surface area (TPSA) is 106 Å². The predicted octanol–water partition coefficient (Wildman–Crippen LogP) is 4.21.